The highest BCUT2D eigenvalue weighted by Crippen LogP contribution is 2.37. The van der Waals surface area contributed by atoms with Gasteiger partial charge in [0.25, 0.3) is 0 Å². The summed E-state index contributed by atoms with van der Waals surface area (Å²) in [6.07, 6.45) is 5.31. The summed E-state index contributed by atoms with van der Waals surface area (Å²) in [5, 5.41) is 0.249. The fourth-order valence-electron chi connectivity index (χ4n) is 5.80. The number of nitrogens with zero attached hydrogens (tertiary/aromatic N) is 3. The summed E-state index contributed by atoms with van der Waals surface area (Å²) in [7, 11) is -3.95. The SMILES string of the molecule is O=C(COCC1CCCN1S(=O)(=O)c1c(Cl)cc(Cl)cc1Cl)N(C1CC1)C1CCN(Cc2ccccc2)CC1. The average Bonchev–Trinajstić information content (AvgIpc) is 3.60. The minimum Gasteiger partial charge on any atom is -0.370 e. The number of ether oxygens (including phenoxy) is 1. The van der Waals surface area contributed by atoms with Crippen LogP contribution < -0.4 is 0 Å². The molecule has 1 atom stereocenters. The van der Waals surface area contributed by atoms with Gasteiger partial charge in [-0.25, -0.2) is 8.42 Å². The molecule has 0 radical (unpaired) electrons. The largest absolute Gasteiger partial charge is 0.370 e. The van der Waals surface area contributed by atoms with Crippen molar-refractivity contribution in [2.45, 2.75) is 68.1 Å². The second kappa shape index (κ2) is 12.6. The van der Waals surface area contributed by atoms with Gasteiger partial charge in [0.15, 0.2) is 0 Å². The Hall–Kier alpha value is -1.39. The Morgan fingerprint density at radius 1 is 0.923 bits per heavy atom. The van der Waals surface area contributed by atoms with E-state index < -0.39 is 10.0 Å². The van der Waals surface area contributed by atoms with E-state index in [2.05, 4.69) is 34.1 Å². The Kier molecular flexibility index (Phi) is 9.43. The first-order valence-corrected chi connectivity index (χ1v) is 16.1. The molecular formula is C28H34Cl3N3O4S. The van der Waals surface area contributed by atoms with Gasteiger partial charge >= 0.3 is 0 Å². The standard InChI is InChI=1S/C28H34Cl3N3O4S/c29-21-15-25(30)28(26(31)16-21)39(36,37)33-12-4-7-24(33)18-38-19-27(35)34(22-8-9-22)23-10-13-32(14-11-23)17-20-5-2-1-3-6-20/h1-3,5-6,15-16,22-24H,4,7-14,17-19H2. The van der Waals surface area contributed by atoms with Crippen LogP contribution in [-0.2, 0) is 26.1 Å². The summed E-state index contributed by atoms with van der Waals surface area (Å²) >= 11 is 18.4. The van der Waals surface area contributed by atoms with E-state index in [-0.39, 0.29) is 51.2 Å². The van der Waals surface area contributed by atoms with Crippen molar-refractivity contribution in [2.24, 2.45) is 0 Å². The Morgan fingerprint density at radius 3 is 2.21 bits per heavy atom. The van der Waals surface area contributed by atoms with Crippen LogP contribution in [0.25, 0.3) is 0 Å². The molecule has 2 saturated heterocycles. The van der Waals surface area contributed by atoms with Crippen LogP contribution in [0.2, 0.25) is 15.1 Å². The molecule has 3 aliphatic rings. The van der Waals surface area contributed by atoms with E-state index in [1.165, 1.54) is 22.0 Å². The number of halogens is 3. The van der Waals surface area contributed by atoms with Crippen LogP contribution in [-0.4, -0.2) is 79.4 Å². The molecule has 5 rings (SSSR count). The van der Waals surface area contributed by atoms with Gasteiger partial charge in [0.2, 0.25) is 15.9 Å². The molecule has 0 bridgehead atoms. The lowest BCUT2D eigenvalue weighted by Crippen LogP contribution is -2.49. The van der Waals surface area contributed by atoms with E-state index in [1.807, 2.05) is 6.07 Å². The predicted octanol–water partition coefficient (Wildman–Crippen LogP) is 5.47. The van der Waals surface area contributed by atoms with Crippen molar-refractivity contribution >= 4 is 50.7 Å². The monoisotopic (exact) mass is 613 g/mol. The molecule has 2 aromatic rings. The van der Waals surface area contributed by atoms with Crippen LogP contribution in [0.15, 0.2) is 47.4 Å². The quantitative estimate of drug-likeness (QED) is 0.355. The molecule has 39 heavy (non-hydrogen) atoms. The maximum Gasteiger partial charge on any atom is 0.249 e. The van der Waals surface area contributed by atoms with Gasteiger partial charge < -0.3 is 9.64 Å². The predicted molar refractivity (Wildman–Crippen MR) is 154 cm³/mol. The van der Waals surface area contributed by atoms with E-state index in [4.69, 9.17) is 39.5 Å². The van der Waals surface area contributed by atoms with Gasteiger partial charge in [-0.3, -0.25) is 9.69 Å². The molecule has 11 heteroatoms. The third-order valence-corrected chi connectivity index (χ3v) is 10.9. The second-order valence-corrected chi connectivity index (χ2v) is 13.7. The summed E-state index contributed by atoms with van der Waals surface area (Å²) in [6.45, 7) is 3.29. The Bertz CT molecular complexity index is 1250. The zero-order valence-electron chi connectivity index (χ0n) is 21.8. The Labute approximate surface area is 246 Å². The van der Waals surface area contributed by atoms with Crippen LogP contribution >= 0.6 is 34.8 Å². The molecule has 0 N–H and O–H groups in total. The first kappa shape index (κ1) is 29.1. The molecule has 1 amide bonds. The zero-order chi connectivity index (χ0) is 27.6. The summed E-state index contributed by atoms with van der Waals surface area (Å²) in [6, 6.07) is 13.4. The average molecular weight is 615 g/mol. The van der Waals surface area contributed by atoms with Gasteiger partial charge in [-0.05, 0) is 56.2 Å². The van der Waals surface area contributed by atoms with E-state index in [1.54, 1.807) is 0 Å². The van der Waals surface area contributed by atoms with Crippen molar-refractivity contribution in [3.05, 3.63) is 63.1 Å². The van der Waals surface area contributed by atoms with Gasteiger partial charge in [-0.15, -0.1) is 0 Å². The van der Waals surface area contributed by atoms with Crippen molar-refractivity contribution in [3.63, 3.8) is 0 Å². The first-order chi connectivity index (χ1) is 18.7. The van der Waals surface area contributed by atoms with Gasteiger partial charge in [-0.1, -0.05) is 65.1 Å². The van der Waals surface area contributed by atoms with Crippen molar-refractivity contribution in [1.82, 2.24) is 14.1 Å². The number of rotatable bonds is 10. The molecule has 1 unspecified atom stereocenters. The zero-order valence-corrected chi connectivity index (χ0v) is 24.9. The molecule has 212 valence electrons. The summed E-state index contributed by atoms with van der Waals surface area (Å²) < 4.78 is 34.1. The minimum absolute atomic E-state index is 0.00444. The van der Waals surface area contributed by atoms with Crippen molar-refractivity contribution < 1.29 is 17.9 Å². The highest BCUT2D eigenvalue weighted by molar-refractivity contribution is 7.89. The fourth-order valence-corrected chi connectivity index (χ4v) is 8.97. The lowest BCUT2D eigenvalue weighted by atomic mass is 10.0. The molecule has 2 aromatic carbocycles. The minimum atomic E-state index is -3.95. The maximum atomic E-state index is 13.4. The van der Waals surface area contributed by atoms with E-state index in [9.17, 15) is 13.2 Å². The third-order valence-electron chi connectivity index (χ3n) is 7.82. The molecule has 0 spiro atoms. The van der Waals surface area contributed by atoms with Gasteiger partial charge in [0, 0.05) is 49.3 Å². The van der Waals surface area contributed by atoms with Crippen molar-refractivity contribution in [1.29, 1.82) is 0 Å². The highest BCUT2D eigenvalue weighted by Gasteiger charge is 2.40. The Balaban J connectivity index is 1.15. The van der Waals surface area contributed by atoms with Gasteiger partial charge in [-0.2, -0.15) is 4.31 Å². The maximum absolute atomic E-state index is 13.4. The van der Waals surface area contributed by atoms with E-state index >= 15 is 0 Å². The van der Waals surface area contributed by atoms with E-state index in [0.717, 1.165) is 45.3 Å². The molecule has 2 heterocycles. The lowest BCUT2D eigenvalue weighted by Gasteiger charge is -2.39. The molecule has 3 fully saturated rings. The van der Waals surface area contributed by atoms with Crippen LogP contribution in [0.4, 0.5) is 0 Å². The fraction of sp³-hybridized carbons (Fsp3) is 0.536. The molecule has 0 aromatic heterocycles. The number of carbonyl (C=O) groups is 1. The summed E-state index contributed by atoms with van der Waals surface area (Å²) in [4.78, 5) is 17.7. The first-order valence-electron chi connectivity index (χ1n) is 13.6. The second-order valence-electron chi connectivity index (χ2n) is 10.7. The number of piperidine rings is 1. The number of benzene rings is 2. The number of likely N-dealkylation sites (tertiary alicyclic amines) is 1. The third kappa shape index (κ3) is 6.92. The van der Waals surface area contributed by atoms with Crippen molar-refractivity contribution in [3.8, 4) is 0 Å². The number of hydrogen-bond acceptors (Lipinski definition) is 5. The topological polar surface area (TPSA) is 70.2 Å². The summed E-state index contributed by atoms with van der Waals surface area (Å²) in [5.41, 5.74) is 1.31. The number of carbonyl (C=O) groups excluding carboxylic acids is 1. The van der Waals surface area contributed by atoms with Crippen LogP contribution in [0.5, 0.6) is 0 Å². The van der Waals surface area contributed by atoms with Crippen LogP contribution in [0, 0.1) is 0 Å². The summed E-state index contributed by atoms with van der Waals surface area (Å²) in [5.74, 6) is -0.00444. The lowest BCUT2D eigenvalue weighted by molar-refractivity contribution is -0.140. The molecule has 7 nitrogen and oxygen atoms in total. The molecular weight excluding hydrogens is 581 g/mol. The van der Waals surface area contributed by atoms with Crippen molar-refractivity contribution in [2.75, 3.05) is 32.8 Å². The Morgan fingerprint density at radius 2 is 1.56 bits per heavy atom. The molecule has 2 aliphatic heterocycles. The number of sulfonamides is 1. The molecule has 1 aliphatic carbocycles. The smallest absolute Gasteiger partial charge is 0.249 e. The van der Waals surface area contributed by atoms with Gasteiger partial charge in [0.1, 0.15) is 11.5 Å². The van der Waals surface area contributed by atoms with E-state index in [0.29, 0.717) is 25.4 Å². The van der Waals surface area contributed by atoms with Crippen LogP contribution in [0.1, 0.15) is 44.1 Å². The van der Waals surface area contributed by atoms with Crippen LogP contribution in [0.3, 0.4) is 0 Å². The highest BCUT2D eigenvalue weighted by atomic mass is 35.5. The molecule has 1 saturated carbocycles. The number of amides is 1. The van der Waals surface area contributed by atoms with Gasteiger partial charge in [0.05, 0.1) is 16.7 Å². The normalized spacial score (nSPS) is 21.4. The number of hydrogen-bond donors (Lipinski definition) is 0.